The van der Waals surface area contributed by atoms with Gasteiger partial charge in [-0.05, 0) is 51.8 Å². The van der Waals surface area contributed by atoms with Crippen LogP contribution in [0.1, 0.15) is 56.8 Å². The zero-order valence-electron chi connectivity index (χ0n) is 23.8. The normalized spacial score (nSPS) is 16.0. The molecule has 226 valence electrons. The Hall–Kier alpha value is -3.94. The number of aryl methyl sites for hydroxylation is 1. The number of benzene rings is 1. The molecule has 0 spiro atoms. The number of alkyl carbamates (subject to hydrolysis) is 1. The maximum absolute atomic E-state index is 15.5. The van der Waals surface area contributed by atoms with Crippen LogP contribution in [0.5, 0.6) is 0 Å². The van der Waals surface area contributed by atoms with Crippen molar-refractivity contribution in [3.63, 3.8) is 0 Å². The molecule has 0 fully saturated rings. The van der Waals surface area contributed by atoms with Gasteiger partial charge in [-0.15, -0.1) is 0 Å². The highest BCUT2D eigenvalue weighted by Crippen LogP contribution is 2.34. The Labute approximate surface area is 240 Å². The number of allylic oxidation sites excluding steroid dienone is 1. The van der Waals surface area contributed by atoms with E-state index in [0.717, 1.165) is 6.07 Å². The number of alkyl halides is 2. The number of rotatable bonds is 7. The molecule has 0 bridgehead atoms. The zero-order chi connectivity index (χ0) is 31.0. The summed E-state index contributed by atoms with van der Waals surface area (Å²) in [5.41, 5.74) is -1.11. The van der Waals surface area contributed by atoms with E-state index in [-0.39, 0.29) is 46.1 Å². The van der Waals surface area contributed by atoms with Crippen molar-refractivity contribution in [3.8, 4) is 0 Å². The lowest BCUT2D eigenvalue weighted by Gasteiger charge is -2.24. The summed E-state index contributed by atoms with van der Waals surface area (Å²) in [6.07, 6.45) is 1.85. The van der Waals surface area contributed by atoms with Crippen LogP contribution in [0.3, 0.4) is 0 Å². The molecule has 1 atom stereocenters. The number of ether oxygens (including phenoxy) is 1. The quantitative estimate of drug-likeness (QED) is 0.403. The molecule has 1 aromatic carbocycles. The number of fused-ring (bicyclic) bond motifs is 1. The molecular formula is C28H32F3N5O5S. The zero-order valence-corrected chi connectivity index (χ0v) is 24.6. The Morgan fingerprint density at radius 3 is 2.57 bits per heavy atom. The van der Waals surface area contributed by atoms with Crippen LogP contribution < -0.4 is 16.2 Å². The number of anilines is 1. The summed E-state index contributed by atoms with van der Waals surface area (Å²) in [5.74, 6) is -4.94. The maximum atomic E-state index is 15.5. The molecule has 0 saturated carbocycles. The van der Waals surface area contributed by atoms with Crippen LogP contribution in [0.4, 0.5) is 23.8 Å². The van der Waals surface area contributed by atoms with E-state index in [1.807, 2.05) is 5.32 Å². The van der Waals surface area contributed by atoms with E-state index in [0.29, 0.717) is 11.0 Å². The molecular weight excluding hydrogens is 575 g/mol. The van der Waals surface area contributed by atoms with Gasteiger partial charge in [-0.2, -0.15) is 8.78 Å². The van der Waals surface area contributed by atoms with Gasteiger partial charge < -0.3 is 15.4 Å². The van der Waals surface area contributed by atoms with Gasteiger partial charge in [0.25, 0.3) is 11.5 Å². The molecule has 1 aliphatic rings. The third kappa shape index (κ3) is 6.75. The van der Waals surface area contributed by atoms with E-state index in [4.69, 9.17) is 4.74 Å². The van der Waals surface area contributed by atoms with Gasteiger partial charge in [0.2, 0.25) is 0 Å². The highest BCUT2D eigenvalue weighted by molar-refractivity contribution is 7.91. The predicted octanol–water partition coefficient (Wildman–Crippen LogP) is 4.46. The third-order valence-corrected chi connectivity index (χ3v) is 8.21. The first-order valence-electron chi connectivity index (χ1n) is 13.1. The van der Waals surface area contributed by atoms with Gasteiger partial charge in [-0.25, -0.2) is 27.6 Å². The summed E-state index contributed by atoms with van der Waals surface area (Å²) in [5, 5.41) is 5.42. The summed E-state index contributed by atoms with van der Waals surface area (Å²) in [7, 11) is -1.70. The maximum Gasteiger partial charge on any atom is 0.407 e. The molecule has 0 aliphatic carbocycles. The van der Waals surface area contributed by atoms with E-state index in [1.54, 1.807) is 33.8 Å². The molecule has 1 unspecified atom stereocenters. The number of hydrogen-bond donors (Lipinski definition) is 2. The highest BCUT2D eigenvalue weighted by Gasteiger charge is 2.37. The van der Waals surface area contributed by atoms with Crippen molar-refractivity contribution in [1.82, 2.24) is 19.9 Å². The minimum atomic E-state index is -3.74. The molecule has 2 aromatic heterocycles. The van der Waals surface area contributed by atoms with Crippen LogP contribution in [0.25, 0.3) is 16.6 Å². The fourth-order valence-corrected chi connectivity index (χ4v) is 5.73. The summed E-state index contributed by atoms with van der Waals surface area (Å²) in [6, 6.07) is 4.28. The Morgan fingerprint density at radius 2 is 1.93 bits per heavy atom. The molecule has 42 heavy (non-hydrogen) atoms. The van der Waals surface area contributed by atoms with Gasteiger partial charge in [-0.1, -0.05) is 18.2 Å². The van der Waals surface area contributed by atoms with Gasteiger partial charge >= 0.3 is 6.09 Å². The largest absolute Gasteiger partial charge is 0.444 e. The minimum Gasteiger partial charge on any atom is -0.444 e. The number of nitrogens with zero attached hydrogens (tertiary/aromatic N) is 3. The Balaban J connectivity index is 1.64. The molecule has 0 saturated heterocycles. The van der Waals surface area contributed by atoms with Crippen LogP contribution >= 0.6 is 0 Å². The second-order valence-corrected chi connectivity index (χ2v) is 13.3. The lowest BCUT2D eigenvalue weighted by molar-refractivity contribution is -0.0122. The SMILES string of the molecule is CC(Nc1ncnc2c1cc(C1=CCS(=O)(=O)CC1)c(=O)n2C)c1cccc(C(F)(F)CNC(=O)OC(C)(C)C)c1F. The number of hydrogen-bond acceptors (Lipinski definition) is 8. The molecule has 1 amide bonds. The smallest absolute Gasteiger partial charge is 0.407 e. The van der Waals surface area contributed by atoms with Gasteiger partial charge in [0.1, 0.15) is 29.2 Å². The molecule has 3 heterocycles. The first kappa shape index (κ1) is 31.0. The van der Waals surface area contributed by atoms with Gasteiger partial charge in [0.15, 0.2) is 9.84 Å². The Morgan fingerprint density at radius 1 is 1.21 bits per heavy atom. The van der Waals surface area contributed by atoms with Crippen LogP contribution in [-0.2, 0) is 27.5 Å². The third-order valence-electron chi connectivity index (χ3n) is 6.71. The first-order chi connectivity index (χ1) is 19.5. The lowest BCUT2D eigenvalue weighted by Crippen LogP contribution is -2.39. The average Bonchev–Trinajstić information content (AvgIpc) is 2.89. The number of aromatic nitrogens is 3. The number of nitrogens with one attached hydrogen (secondary N) is 2. The molecule has 14 heteroatoms. The van der Waals surface area contributed by atoms with Gasteiger partial charge in [0, 0.05) is 18.2 Å². The molecule has 4 rings (SSSR count). The summed E-state index contributed by atoms with van der Waals surface area (Å²) in [4.78, 5) is 33.4. The monoisotopic (exact) mass is 607 g/mol. The van der Waals surface area contributed by atoms with Crippen molar-refractivity contribution in [2.24, 2.45) is 7.05 Å². The Bertz CT molecular complexity index is 1730. The number of halogens is 3. The summed E-state index contributed by atoms with van der Waals surface area (Å²) < 4.78 is 75.6. The molecule has 2 N–H and O–H groups in total. The van der Waals surface area contributed by atoms with E-state index in [9.17, 15) is 18.0 Å². The van der Waals surface area contributed by atoms with E-state index >= 15 is 13.2 Å². The van der Waals surface area contributed by atoms with Crippen molar-refractivity contribution in [3.05, 3.63) is 69.5 Å². The summed E-state index contributed by atoms with van der Waals surface area (Å²) in [6.45, 7) is 5.15. The standard InChI is InChI=1S/C28H32F3N5O5S/c1-16(18-7-6-8-21(22(18)29)28(30,31)14-32-26(38)41-27(2,3)4)35-23-20-13-19(17-9-11-42(39,40)12-10-17)25(37)36(5)24(20)34-15-33-23/h6-9,13,15-16H,10-12,14H2,1-5H3,(H,32,38)(H,33,34,35). The van der Waals surface area contributed by atoms with Crippen LogP contribution in [0.2, 0.25) is 0 Å². The lowest BCUT2D eigenvalue weighted by atomic mass is 9.99. The van der Waals surface area contributed by atoms with E-state index in [2.05, 4.69) is 15.3 Å². The molecule has 10 nitrogen and oxygen atoms in total. The first-order valence-corrected chi connectivity index (χ1v) is 15.0. The van der Waals surface area contributed by atoms with Crippen LogP contribution in [-0.4, -0.2) is 52.7 Å². The predicted molar refractivity (Wildman–Crippen MR) is 153 cm³/mol. The molecule has 3 aromatic rings. The minimum absolute atomic E-state index is 0.0820. The van der Waals surface area contributed by atoms with E-state index in [1.165, 1.54) is 36.2 Å². The van der Waals surface area contributed by atoms with Crippen molar-refractivity contribution < 1.29 is 31.1 Å². The fourth-order valence-electron chi connectivity index (χ4n) is 4.58. The van der Waals surface area contributed by atoms with Crippen molar-refractivity contribution in [1.29, 1.82) is 0 Å². The second kappa shape index (κ2) is 11.4. The van der Waals surface area contributed by atoms with Gasteiger partial charge in [-0.3, -0.25) is 9.36 Å². The topological polar surface area (TPSA) is 132 Å². The van der Waals surface area contributed by atoms with Crippen molar-refractivity contribution in [2.75, 3.05) is 23.4 Å². The van der Waals surface area contributed by atoms with Crippen molar-refractivity contribution >= 4 is 38.4 Å². The molecule has 1 aliphatic heterocycles. The van der Waals surface area contributed by atoms with E-state index < -0.39 is 51.4 Å². The highest BCUT2D eigenvalue weighted by atomic mass is 32.2. The number of sulfone groups is 1. The number of carbonyl (C=O) groups is 1. The van der Waals surface area contributed by atoms with Gasteiger partial charge in [0.05, 0.1) is 35.0 Å². The number of carbonyl (C=O) groups excluding carboxylic acids is 1. The summed E-state index contributed by atoms with van der Waals surface area (Å²) >= 11 is 0. The Kier molecular flexibility index (Phi) is 8.40. The molecule has 0 radical (unpaired) electrons. The fraction of sp³-hybridized carbons (Fsp3) is 0.429. The van der Waals surface area contributed by atoms with Crippen molar-refractivity contribution in [2.45, 2.75) is 51.7 Å². The van der Waals surface area contributed by atoms with Crippen LogP contribution in [0, 0.1) is 5.82 Å². The van der Waals surface area contributed by atoms with Crippen LogP contribution in [0.15, 0.2) is 41.5 Å². The number of pyridine rings is 1. The average molecular weight is 608 g/mol. The number of amides is 1. The second-order valence-electron chi connectivity index (χ2n) is 11.1.